The summed E-state index contributed by atoms with van der Waals surface area (Å²) >= 11 is 3.12. The van der Waals surface area contributed by atoms with Crippen LogP contribution in [0.1, 0.15) is 12.0 Å². The maximum Gasteiger partial charge on any atom is 0.225 e. The summed E-state index contributed by atoms with van der Waals surface area (Å²) in [6, 6.07) is 13.7. The van der Waals surface area contributed by atoms with Gasteiger partial charge in [0.25, 0.3) is 0 Å². The molecule has 0 aliphatic carbocycles. The van der Waals surface area contributed by atoms with Gasteiger partial charge in [0.05, 0.1) is 5.03 Å². The van der Waals surface area contributed by atoms with E-state index in [1.807, 2.05) is 42.5 Å². The minimum absolute atomic E-state index is 0.0258. The molecule has 3 aromatic rings. The predicted octanol–water partition coefficient (Wildman–Crippen LogP) is 3.02. The first-order chi connectivity index (χ1) is 12.7. The smallest absolute Gasteiger partial charge is 0.225 e. The van der Waals surface area contributed by atoms with Gasteiger partial charge in [0.15, 0.2) is 0 Å². The van der Waals surface area contributed by atoms with Crippen LogP contribution in [0.2, 0.25) is 0 Å². The van der Waals surface area contributed by atoms with Gasteiger partial charge in [-0.05, 0) is 40.3 Å². The molecule has 1 amide bonds. The number of tetrazole rings is 1. The van der Waals surface area contributed by atoms with E-state index in [1.165, 1.54) is 11.8 Å². The van der Waals surface area contributed by atoms with Crippen LogP contribution < -0.4 is 5.32 Å². The third-order valence-corrected chi connectivity index (χ3v) is 5.40. The highest BCUT2D eigenvalue weighted by Gasteiger charge is 2.07. The molecule has 0 fully saturated rings. The lowest BCUT2D eigenvalue weighted by atomic mass is 10.2. The lowest BCUT2D eigenvalue weighted by molar-refractivity contribution is -0.115. The summed E-state index contributed by atoms with van der Waals surface area (Å²) in [5.41, 5.74) is 1.94. The van der Waals surface area contributed by atoms with Gasteiger partial charge >= 0.3 is 0 Å². The third-order valence-electron chi connectivity index (χ3n) is 3.38. The number of pyridine rings is 1. The Morgan fingerprint density at radius 3 is 2.88 bits per heavy atom. The van der Waals surface area contributed by atoms with Gasteiger partial charge < -0.3 is 5.32 Å². The Balaban J connectivity index is 1.46. The van der Waals surface area contributed by atoms with Gasteiger partial charge in [-0.15, -0.1) is 16.9 Å². The molecular weight excluding hydrogens is 368 g/mol. The molecule has 26 heavy (non-hydrogen) atoms. The van der Waals surface area contributed by atoms with E-state index in [0.717, 1.165) is 22.0 Å². The number of hydrogen-bond donors (Lipinski definition) is 1. The first-order valence-electron chi connectivity index (χ1n) is 7.98. The van der Waals surface area contributed by atoms with Gasteiger partial charge in [0.1, 0.15) is 0 Å². The number of thioether (sulfide) groups is 2. The fraction of sp³-hybridized carbons (Fsp3) is 0.235. The van der Waals surface area contributed by atoms with Gasteiger partial charge in [-0.3, -0.25) is 4.79 Å². The van der Waals surface area contributed by atoms with E-state index < -0.39 is 0 Å². The van der Waals surface area contributed by atoms with E-state index in [9.17, 15) is 4.79 Å². The summed E-state index contributed by atoms with van der Waals surface area (Å²) in [6.07, 6.45) is 2.18. The molecule has 2 heterocycles. The molecule has 0 unspecified atom stereocenters. The standard InChI is InChI=1S/C17H18N6OS2/c1-23-17(20-21-22-23)25-10-8-15(24)19-14-6-4-5-13(11-14)12-26-16-7-2-3-9-18-16/h2-7,9,11H,8,10,12H2,1H3,(H,19,24). The van der Waals surface area contributed by atoms with E-state index in [-0.39, 0.29) is 5.91 Å². The summed E-state index contributed by atoms with van der Waals surface area (Å²) in [5.74, 6) is 1.40. The van der Waals surface area contributed by atoms with E-state index in [2.05, 4.69) is 25.8 Å². The molecule has 3 rings (SSSR count). The van der Waals surface area contributed by atoms with Crippen molar-refractivity contribution in [3.63, 3.8) is 0 Å². The van der Waals surface area contributed by atoms with Gasteiger partial charge in [0.2, 0.25) is 11.1 Å². The summed E-state index contributed by atoms with van der Waals surface area (Å²) in [5, 5.41) is 15.8. The topological polar surface area (TPSA) is 85.6 Å². The van der Waals surface area contributed by atoms with Crippen molar-refractivity contribution < 1.29 is 4.79 Å². The lowest BCUT2D eigenvalue weighted by Gasteiger charge is -2.07. The van der Waals surface area contributed by atoms with Crippen LogP contribution in [-0.2, 0) is 17.6 Å². The zero-order chi connectivity index (χ0) is 18.2. The summed E-state index contributed by atoms with van der Waals surface area (Å²) < 4.78 is 1.59. The number of aromatic nitrogens is 5. The molecule has 0 aliphatic rings. The number of carbonyl (C=O) groups is 1. The molecule has 0 atom stereocenters. The average molecular weight is 387 g/mol. The Labute approximate surface area is 160 Å². The van der Waals surface area contributed by atoms with Crippen molar-refractivity contribution in [1.29, 1.82) is 0 Å². The maximum atomic E-state index is 12.1. The van der Waals surface area contributed by atoms with E-state index in [0.29, 0.717) is 17.3 Å². The average Bonchev–Trinajstić information content (AvgIpc) is 3.06. The van der Waals surface area contributed by atoms with Crippen molar-refractivity contribution in [2.45, 2.75) is 22.4 Å². The van der Waals surface area contributed by atoms with Gasteiger partial charge in [0, 0.05) is 36.9 Å². The third kappa shape index (κ3) is 5.57. The van der Waals surface area contributed by atoms with Crippen molar-refractivity contribution in [3.05, 3.63) is 54.2 Å². The number of rotatable bonds is 8. The molecule has 9 heteroatoms. The molecule has 0 bridgehead atoms. The van der Waals surface area contributed by atoms with Crippen molar-refractivity contribution in [2.24, 2.45) is 7.05 Å². The zero-order valence-corrected chi connectivity index (χ0v) is 15.8. The molecule has 0 saturated heterocycles. The van der Waals surface area contributed by atoms with E-state index >= 15 is 0 Å². The second-order valence-corrected chi connectivity index (χ2v) is 7.45. The number of hydrogen-bond acceptors (Lipinski definition) is 7. The van der Waals surface area contributed by atoms with Gasteiger partial charge in [-0.2, -0.15) is 0 Å². The van der Waals surface area contributed by atoms with Crippen molar-refractivity contribution >= 4 is 35.1 Å². The number of anilines is 1. The van der Waals surface area contributed by atoms with Gasteiger partial charge in [-0.25, -0.2) is 9.67 Å². The molecule has 0 radical (unpaired) electrons. The highest BCUT2D eigenvalue weighted by molar-refractivity contribution is 7.99. The van der Waals surface area contributed by atoms with Gasteiger partial charge in [-0.1, -0.05) is 30.0 Å². The normalized spacial score (nSPS) is 10.7. The molecule has 2 aromatic heterocycles. The molecule has 0 aliphatic heterocycles. The van der Waals surface area contributed by atoms with Crippen LogP contribution in [0.15, 0.2) is 58.8 Å². The zero-order valence-electron chi connectivity index (χ0n) is 14.2. The quantitative estimate of drug-likeness (QED) is 0.596. The fourth-order valence-electron chi connectivity index (χ4n) is 2.13. The van der Waals surface area contributed by atoms with Crippen LogP contribution in [0.25, 0.3) is 0 Å². The number of amides is 1. The second kappa shape index (κ2) is 9.35. The molecule has 0 saturated carbocycles. The fourth-order valence-corrected chi connectivity index (χ4v) is 3.72. The Hall–Kier alpha value is -2.39. The second-order valence-electron chi connectivity index (χ2n) is 5.39. The first kappa shape index (κ1) is 18.4. The summed E-state index contributed by atoms with van der Waals surface area (Å²) in [4.78, 5) is 16.4. The van der Waals surface area contributed by atoms with E-state index in [4.69, 9.17) is 0 Å². The van der Waals surface area contributed by atoms with Crippen LogP contribution in [0.4, 0.5) is 5.69 Å². The monoisotopic (exact) mass is 386 g/mol. The SMILES string of the molecule is Cn1nnnc1SCCC(=O)Nc1cccc(CSc2ccccn2)c1. The van der Waals surface area contributed by atoms with Crippen molar-refractivity contribution in [1.82, 2.24) is 25.2 Å². The number of nitrogens with one attached hydrogen (secondary N) is 1. The Morgan fingerprint density at radius 1 is 1.19 bits per heavy atom. The molecule has 1 N–H and O–H groups in total. The van der Waals surface area contributed by atoms with Crippen LogP contribution in [0.5, 0.6) is 0 Å². The number of nitrogens with zero attached hydrogens (tertiary/aromatic N) is 5. The van der Waals surface area contributed by atoms with E-state index in [1.54, 1.807) is 29.7 Å². The van der Waals surface area contributed by atoms with Crippen LogP contribution >= 0.6 is 23.5 Å². The molecule has 7 nitrogen and oxygen atoms in total. The molecular formula is C17H18N6OS2. The Kier molecular flexibility index (Phi) is 6.62. The maximum absolute atomic E-state index is 12.1. The van der Waals surface area contributed by atoms with Crippen molar-refractivity contribution in [2.75, 3.05) is 11.1 Å². The lowest BCUT2D eigenvalue weighted by Crippen LogP contribution is -2.12. The summed E-state index contributed by atoms with van der Waals surface area (Å²) in [6.45, 7) is 0. The van der Waals surface area contributed by atoms with Crippen LogP contribution in [0.3, 0.4) is 0 Å². The van der Waals surface area contributed by atoms with Crippen LogP contribution in [0, 0.1) is 0 Å². The highest BCUT2D eigenvalue weighted by Crippen LogP contribution is 2.22. The summed E-state index contributed by atoms with van der Waals surface area (Å²) in [7, 11) is 1.77. The minimum atomic E-state index is -0.0258. The largest absolute Gasteiger partial charge is 0.326 e. The molecule has 134 valence electrons. The number of carbonyl (C=O) groups excluding carboxylic acids is 1. The van der Waals surface area contributed by atoms with Crippen molar-refractivity contribution in [3.8, 4) is 0 Å². The first-order valence-corrected chi connectivity index (χ1v) is 9.95. The van der Waals surface area contributed by atoms with Crippen LogP contribution in [-0.4, -0.2) is 36.9 Å². The predicted molar refractivity (Wildman–Crippen MR) is 103 cm³/mol. The number of benzene rings is 1. The number of aryl methyl sites for hydroxylation is 1. The Morgan fingerprint density at radius 2 is 2.12 bits per heavy atom. The highest BCUT2D eigenvalue weighted by atomic mass is 32.2. The molecule has 1 aromatic carbocycles. The molecule has 0 spiro atoms. The minimum Gasteiger partial charge on any atom is -0.326 e. The Bertz CT molecular complexity index is 855.